The minimum absolute atomic E-state index is 0.00247. The Hall–Kier alpha value is -1.10. The van der Waals surface area contributed by atoms with Crippen molar-refractivity contribution in [1.82, 2.24) is 10.6 Å². The van der Waals surface area contributed by atoms with E-state index in [0.717, 1.165) is 32.2 Å². The lowest BCUT2D eigenvalue weighted by Crippen LogP contribution is -2.43. The van der Waals surface area contributed by atoms with Crippen LogP contribution in [-0.4, -0.2) is 30.9 Å². The van der Waals surface area contributed by atoms with E-state index in [4.69, 9.17) is 5.73 Å². The summed E-state index contributed by atoms with van der Waals surface area (Å²) in [5, 5.41) is 6.22. The third kappa shape index (κ3) is 4.64. The molecule has 18 heavy (non-hydrogen) atoms. The zero-order valence-electron chi connectivity index (χ0n) is 11.4. The molecule has 0 saturated heterocycles. The summed E-state index contributed by atoms with van der Waals surface area (Å²) >= 11 is 0. The summed E-state index contributed by atoms with van der Waals surface area (Å²) in [5.74, 6) is -0.130. The molecule has 5 heteroatoms. The molecule has 0 radical (unpaired) electrons. The van der Waals surface area contributed by atoms with Gasteiger partial charge in [0.2, 0.25) is 11.8 Å². The molecule has 1 rings (SSSR count). The van der Waals surface area contributed by atoms with Crippen molar-refractivity contribution in [2.24, 2.45) is 17.6 Å². The van der Waals surface area contributed by atoms with Crippen LogP contribution in [-0.2, 0) is 9.59 Å². The zero-order valence-corrected chi connectivity index (χ0v) is 11.4. The Bertz CT molecular complexity index is 286. The molecule has 1 unspecified atom stereocenters. The topological polar surface area (TPSA) is 84.2 Å². The lowest BCUT2D eigenvalue weighted by Gasteiger charge is -2.28. The number of hydrogen-bond donors (Lipinski definition) is 3. The predicted octanol–water partition coefficient (Wildman–Crippen LogP) is 0.392. The van der Waals surface area contributed by atoms with Gasteiger partial charge in [0.05, 0.1) is 0 Å². The second kappa shape index (κ2) is 7.36. The Morgan fingerprint density at radius 3 is 2.39 bits per heavy atom. The quantitative estimate of drug-likeness (QED) is 0.642. The van der Waals surface area contributed by atoms with E-state index in [1.807, 2.05) is 13.8 Å². The smallest absolute Gasteiger partial charge is 0.224 e. The second-order valence-electron chi connectivity index (χ2n) is 5.17. The van der Waals surface area contributed by atoms with Crippen molar-refractivity contribution in [3.05, 3.63) is 0 Å². The highest BCUT2D eigenvalue weighted by atomic mass is 16.2. The van der Waals surface area contributed by atoms with Gasteiger partial charge in [-0.2, -0.15) is 0 Å². The van der Waals surface area contributed by atoms with Crippen LogP contribution in [0.25, 0.3) is 0 Å². The van der Waals surface area contributed by atoms with E-state index in [1.54, 1.807) is 0 Å². The molecule has 1 aliphatic carbocycles. The first-order valence-corrected chi connectivity index (χ1v) is 6.85. The molecule has 0 bridgehead atoms. The minimum atomic E-state index is -0.208. The number of rotatable bonds is 6. The number of nitrogens with one attached hydrogen (secondary N) is 2. The van der Waals surface area contributed by atoms with Gasteiger partial charge in [-0.15, -0.1) is 0 Å². The average molecular weight is 255 g/mol. The average Bonchev–Trinajstić information content (AvgIpc) is 2.36. The fraction of sp³-hybridized carbons (Fsp3) is 0.846. The lowest BCUT2D eigenvalue weighted by atomic mass is 9.85. The SMILES string of the molecule is CCNCC(C)C(=O)NC1CCC(C(N)=O)CC1. The monoisotopic (exact) mass is 255 g/mol. The van der Waals surface area contributed by atoms with Gasteiger partial charge in [0.1, 0.15) is 0 Å². The Morgan fingerprint density at radius 1 is 1.28 bits per heavy atom. The lowest BCUT2D eigenvalue weighted by molar-refractivity contribution is -0.125. The van der Waals surface area contributed by atoms with Crippen molar-refractivity contribution in [3.63, 3.8) is 0 Å². The first kappa shape index (κ1) is 15.0. The largest absolute Gasteiger partial charge is 0.369 e. The van der Waals surface area contributed by atoms with E-state index >= 15 is 0 Å². The standard InChI is InChI=1S/C13H25N3O2/c1-3-15-8-9(2)13(18)16-11-6-4-10(5-7-11)12(14)17/h9-11,15H,3-8H2,1-2H3,(H2,14,17)(H,16,18). The maximum atomic E-state index is 11.9. The third-order valence-electron chi connectivity index (χ3n) is 3.62. The number of carbonyl (C=O) groups is 2. The van der Waals surface area contributed by atoms with Crippen LogP contribution in [0.15, 0.2) is 0 Å². The van der Waals surface area contributed by atoms with E-state index in [2.05, 4.69) is 10.6 Å². The first-order valence-electron chi connectivity index (χ1n) is 6.85. The van der Waals surface area contributed by atoms with Gasteiger partial charge in [-0.3, -0.25) is 9.59 Å². The molecule has 1 saturated carbocycles. The molecular formula is C13H25N3O2. The Morgan fingerprint density at radius 2 is 1.89 bits per heavy atom. The van der Waals surface area contributed by atoms with E-state index in [1.165, 1.54) is 0 Å². The highest BCUT2D eigenvalue weighted by Gasteiger charge is 2.26. The molecule has 2 amide bonds. The van der Waals surface area contributed by atoms with E-state index in [9.17, 15) is 9.59 Å². The van der Waals surface area contributed by atoms with Crippen LogP contribution >= 0.6 is 0 Å². The number of nitrogens with two attached hydrogens (primary N) is 1. The maximum absolute atomic E-state index is 11.9. The highest BCUT2D eigenvalue weighted by molar-refractivity contribution is 5.79. The molecule has 4 N–H and O–H groups in total. The van der Waals surface area contributed by atoms with Crippen molar-refractivity contribution in [3.8, 4) is 0 Å². The molecule has 1 atom stereocenters. The van der Waals surface area contributed by atoms with Crippen LogP contribution in [0.1, 0.15) is 39.5 Å². The fourth-order valence-corrected chi connectivity index (χ4v) is 2.32. The van der Waals surface area contributed by atoms with E-state index in [-0.39, 0.29) is 29.7 Å². The van der Waals surface area contributed by atoms with Gasteiger partial charge in [-0.1, -0.05) is 13.8 Å². The van der Waals surface area contributed by atoms with Crippen molar-refractivity contribution < 1.29 is 9.59 Å². The van der Waals surface area contributed by atoms with Crippen molar-refractivity contribution in [2.45, 2.75) is 45.6 Å². The zero-order chi connectivity index (χ0) is 13.5. The molecule has 1 aliphatic rings. The Balaban J connectivity index is 2.27. The first-order chi connectivity index (χ1) is 8.54. The van der Waals surface area contributed by atoms with Crippen molar-refractivity contribution >= 4 is 11.8 Å². The number of carbonyl (C=O) groups excluding carboxylic acids is 2. The van der Waals surface area contributed by atoms with Crippen LogP contribution in [0.4, 0.5) is 0 Å². The van der Waals surface area contributed by atoms with Gasteiger partial charge >= 0.3 is 0 Å². The van der Waals surface area contributed by atoms with Crippen LogP contribution in [0.2, 0.25) is 0 Å². The molecule has 1 fully saturated rings. The second-order valence-corrected chi connectivity index (χ2v) is 5.17. The molecule has 0 aromatic heterocycles. The van der Waals surface area contributed by atoms with Crippen molar-refractivity contribution in [1.29, 1.82) is 0 Å². The Kier molecular flexibility index (Phi) is 6.12. The van der Waals surface area contributed by atoms with Crippen LogP contribution in [0.3, 0.4) is 0 Å². The molecule has 5 nitrogen and oxygen atoms in total. The molecule has 104 valence electrons. The van der Waals surface area contributed by atoms with Gasteiger partial charge in [0.15, 0.2) is 0 Å². The molecule has 0 aliphatic heterocycles. The number of amides is 2. The minimum Gasteiger partial charge on any atom is -0.369 e. The number of primary amides is 1. The molecule has 0 heterocycles. The molecule has 0 aromatic rings. The van der Waals surface area contributed by atoms with E-state index in [0.29, 0.717) is 6.54 Å². The predicted molar refractivity (Wildman–Crippen MR) is 70.8 cm³/mol. The van der Waals surface area contributed by atoms with Crippen LogP contribution in [0.5, 0.6) is 0 Å². The summed E-state index contributed by atoms with van der Waals surface area (Å²) in [6.07, 6.45) is 3.30. The van der Waals surface area contributed by atoms with Crippen molar-refractivity contribution in [2.75, 3.05) is 13.1 Å². The van der Waals surface area contributed by atoms with Gasteiger partial charge in [0.25, 0.3) is 0 Å². The highest BCUT2D eigenvalue weighted by Crippen LogP contribution is 2.24. The van der Waals surface area contributed by atoms with Gasteiger partial charge in [0, 0.05) is 24.4 Å². The molecule has 0 spiro atoms. The van der Waals surface area contributed by atoms with Gasteiger partial charge in [-0.05, 0) is 32.2 Å². The normalized spacial score (nSPS) is 25.4. The van der Waals surface area contributed by atoms with Crippen LogP contribution in [0, 0.1) is 11.8 Å². The Labute approximate surface area is 109 Å². The summed E-state index contributed by atoms with van der Waals surface area (Å²) < 4.78 is 0. The fourth-order valence-electron chi connectivity index (χ4n) is 2.32. The summed E-state index contributed by atoms with van der Waals surface area (Å²) in [6, 6.07) is 0.206. The van der Waals surface area contributed by atoms with Gasteiger partial charge < -0.3 is 16.4 Å². The van der Waals surface area contributed by atoms with E-state index < -0.39 is 0 Å². The number of hydrogen-bond acceptors (Lipinski definition) is 3. The summed E-state index contributed by atoms with van der Waals surface area (Å²) in [7, 11) is 0. The summed E-state index contributed by atoms with van der Waals surface area (Å²) in [4.78, 5) is 22.9. The summed E-state index contributed by atoms with van der Waals surface area (Å²) in [6.45, 7) is 5.53. The summed E-state index contributed by atoms with van der Waals surface area (Å²) in [5.41, 5.74) is 5.28. The third-order valence-corrected chi connectivity index (χ3v) is 3.62. The maximum Gasteiger partial charge on any atom is 0.224 e. The molecular weight excluding hydrogens is 230 g/mol. The van der Waals surface area contributed by atoms with Gasteiger partial charge in [-0.25, -0.2) is 0 Å². The van der Waals surface area contributed by atoms with Crippen LogP contribution < -0.4 is 16.4 Å². The molecule has 0 aromatic carbocycles.